The Morgan fingerprint density at radius 2 is 2.25 bits per heavy atom. The SMILES string of the molecule is CC#CCCNC(=O)c1cc(C)ccc1F. The third-order valence-electron chi connectivity index (χ3n) is 2.08. The Morgan fingerprint density at radius 1 is 1.50 bits per heavy atom. The van der Waals surface area contributed by atoms with E-state index in [2.05, 4.69) is 17.2 Å². The van der Waals surface area contributed by atoms with Crippen LogP contribution >= 0.6 is 0 Å². The van der Waals surface area contributed by atoms with Crippen molar-refractivity contribution in [3.8, 4) is 11.8 Å². The summed E-state index contributed by atoms with van der Waals surface area (Å²) in [6.45, 7) is 3.99. The molecule has 0 aliphatic heterocycles. The maximum absolute atomic E-state index is 13.3. The fourth-order valence-corrected chi connectivity index (χ4v) is 1.27. The molecule has 0 unspecified atom stereocenters. The number of hydrogen-bond acceptors (Lipinski definition) is 1. The molecule has 1 aromatic rings. The Morgan fingerprint density at radius 3 is 2.94 bits per heavy atom. The van der Waals surface area contributed by atoms with Gasteiger partial charge in [0.1, 0.15) is 5.82 Å². The molecule has 1 amide bonds. The molecule has 0 aliphatic rings. The molecule has 0 bridgehead atoms. The maximum Gasteiger partial charge on any atom is 0.254 e. The van der Waals surface area contributed by atoms with E-state index in [0.717, 1.165) is 5.56 Å². The first-order chi connectivity index (χ1) is 7.65. The molecule has 0 saturated heterocycles. The zero-order valence-corrected chi connectivity index (χ0v) is 9.43. The van der Waals surface area contributed by atoms with Crippen molar-refractivity contribution < 1.29 is 9.18 Å². The van der Waals surface area contributed by atoms with E-state index in [1.54, 1.807) is 13.0 Å². The van der Waals surface area contributed by atoms with Crippen LogP contribution in [0.4, 0.5) is 4.39 Å². The fourth-order valence-electron chi connectivity index (χ4n) is 1.27. The average Bonchev–Trinajstić information content (AvgIpc) is 2.27. The van der Waals surface area contributed by atoms with Gasteiger partial charge in [0.25, 0.3) is 5.91 Å². The van der Waals surface area contributed by atoms with Crippen LogP contribution in [0.25, 0.3) is 0 Å². The van der Waals surface area contributed by atoms with Gasteiger partial charge in [0.2, 0.25) is 0 Å². The van der Waals surface area contributed by atoms with Crippen molar-refractivity contribution in [2.45, 2.75) is 20.3 Å². The number of hydrogen-bond donors (Lipinski definition) is 1. The van der Waals surface area contributed by atoms with Crippen LogP contribution in [0.2, 0.25) is 0 Å². The molecule has 1 N–H and O–H groups in total. The minimum Gasteiger partial charge on any atom is -0.351 e. The highest BCUT2D eigenvalue weighted by Crippen LogP contribution is 2.09. The molecule has 0 aliphatic carbocycles. The van der Waals surface area contributed by atoms with Crippen LogP contribution in [0.5, 0.6) is 0 Å². The molecule has 1 rings (SSSR count). The molecule has 1 aromatic carbocycles. The maximum atomic E-state index is 13.3. The number of benzene rings is 1. The summed E-state index contributed by atoms with van der Waals surface area (Å²) in [5.41, 5.74) is 0.948. The molecule has 84 valence electrons. The summed E-state index contributed by atoms with van der Waals surface area (Å²) in [6.07, 6.45) is 0.579. The lowest BCUT2D eigenvalue weighted by Crippen LogP contribution is -2.25. The molecule has 16 heavy (non-hydrogen) atoms. The number of carbonyl (C=O) groups excluding carboxylic acids is 1. The van der Waals surface area contributed by atoms with Crippen molar-refractivity contribution in [3.05, 3.63) is 35.1 Å². The largest absolute Gasteiger partial charge is 0.351 e. The lowest BCUT2D eigenvalue weighted by Gasteiger charge is -2.05. The third-order valence-corrected chi connectivity index (χ3v) is 2.08. The number of rotatable bonds is 3. The quantitative estimate of drug-likeness (QED) is 0.613. The van der Waals surface area contributed by atoms with E-state index in [0.29, 0.717) is 13.0 Å². The van der Waals surface area contributed by atoms with Gasteiger partial charge < -0.3 is 5.32 Å². The summed E-state index contributed by atoms with van der Waals surface area (Å²) in [5, 5.41) is 2.62. The molecule has 0 fully saturated rings. The third kappa shape index (κ3) is 3.39. The van der Waals surface area contributed by atoms with Crippen molar-refractivity contribution in [2.24, 2.45) is 0 Å². The van der Waals surface area contributed by atoms with E-state index in [-0.39, 0.29) is 11.5 Å². The van der Waals surface area contributed by atoms with Gasteiger partial charge in [0.15, 0.2) is 0 Å². The van der Waals surface area contributed by atoms with Gasteiger partial charge in [-0.2, -0.15) is 0 Å². The van der Waals surface area contributed by atoms with Crippen LogP contribution < -0.4 is 5.32 Å². The highest BCUT2D eigenvalue weighted by Gasteiger charge is 2.10. The topological polar surface area (TPSA) is 29.1 Å². The Kier molecular flexibility index (Phi) is 4.53. The standard InChI is InChI=1S/C13H14FNO/c1-3-4-5-8-15-13(16)11-9-10(2)6-7-12(11)14/h6-7,9H,5,8H2,1-2H3,(H,15,16). The van der Waals surface area contributed by atoms with Crippen LogP contribution in [0.1, 0.15) is 29.3 Å². The molecular weight excluding hydrogens is 205 g/mol. The zero-order valence-electron chi connectivity index (χ0n) is 9.43. The molecule has 2 nitrogen and oxygen atoms in total. The van der Waals surface area contributed by atoms with Crippen molar-refractivity contribution in [1.82, 2.24) is 5.32 Å². The molecule has 0 radical (unpaired) electrons. The second-order valence-corrected chi connectivity index (χ2v) is 3.42. The van der Waals surface area contributed by atoms with Crippen LogP contribution in [-0.2, 0) is 0 Å². The Balaban J connectivity index is 2.64. The van der Waals surface area contributed by atoms with E-state index in [4.69, 9.17) is 0 Å². The second kappa shape index (κ2) is 5.92. The lowest BCUT2D eigenvalue weighted by atomic mass is 10.1. The predicted octanol–water partition coefficient (Wildman–Crippen LogP) is 2.28. The summed E-state index contributed by atoms with van der Waals surface area (Å²) in [6, 6.07) is 4.47. The highest BCUT2D eigenvalue weighted by atomic mass is 19.1. The minimum absolute atomic E-state index is 0.0875. The predicted molar refractivity (Wildman–Crippen MR) is 61.5 cm³/mol. The van der Waals surface area contributed by atoms with E-state index < -0.39 is 5.82 Å². The Bertz CT molecular complexity index is 443. The summed E-state index contributed by atoms with van der Waals surface area (Å²) in [7, 11) is 0. The van der Waals surface area contributed by atoms with Crippen LogP contribution in [-0.4, -0.2) is 12.5 Å². The van der Waals surface area contributed by atoms with Crippen molar-refractivity contribution in [2.75, 3.05) is 6.54 Å². The van der Waals surface area contributed by atoms with Crippen LogP contribution in [0.3, 0.4) is 0 Å². The Labute approximate surface area is 94.9 Å². The van der Waals surface area contributed by atoms with Crippen LogP contribution in [0.15, 0.2) is 18.2 Å². The van der Waals surface area contributed by atoms with Gasteiger partial charge >= 0.3 is 0 Å². The molecule has 0 atom stereocenters. The van der Waals surface area contributed by atoms with Gasteiger partial charge in [-0.3, -0.25) is 4.79 Å². The number of amides is 1. The zero-order chi connectivity index (χ0) is 12.0. The second-order valence-electron chi connectivity index (χ2n) is 3.42. The number of carbonyl (C=O) groups is 1. The van der Waals surface area contributed by atoms with E-state index in [1.807, 2.05) is 6.92 Å². The molecule has 0 spiro atoms. The first-order valence-electron chi connectivity index (χ1n) is 5.09. The lowest BCUT2D eigenvalue weighted by molar-refractivity contribution is 0.0950. The molecular formula is C13H14FNO. The average molecular weight is 219 g/mol. The Hall–Kier alpha value is -1.82. The van der Waals surface area contributed by atoms with E-state index >= 15 is 0 Å². The van der Waals surface area contributed by atoms with Gasteiger partial charge in [-0.1, -0.05) is 11.6 Å². The fraction of sp³-hybridized carbons (Fsp3) is 0.308. The molecule has 0 heterocycles. The monoisotopic (exact) mass is 219 g/mol. The summed E-state index contributed by atoms with van der Waals surface area (Å²) >= 11 is 0. The normalized spacial score (nSPS) is 9.19. The van der Waals surface area contributed by atoms with Crippen molar-refractivity contribution in [1.29, 1.82) is 0 Å². The summed E-state index contributed by atoms with van der Waals surface area (Å²) in [4.78, 5) is 11.6. The number of nitrogens with one attached hydrogen (secondary N) is 1. The van der Waals surface area contributed by atoms with E-state index in [9.17, 15) is 9.18 Å². The van der Waals surface area contributed by atoms with Gasteiger partial charge in [-0.15, -0.1) is 11.8 Å². The molecule has 0 saturated carbocycles. The van der Waals surface area contributed by atoms with Crippen molar-refractivity contribution >= 4 is 5.91 Å². The first-order valence-corrected chi connectivity index (χ1v) is 5.09. The number of aryl methyl sites for hydroxylation is 1. The van der Waals surface area contributed by atoms with Gasteiger partial charge in [0.05, 0.1) is 5.56 Å². The molecule has 3 heteroatoms. The van der Waals surface area contributed by atoms with Gasteiger partial charge in [-0.05, 0) is 26.0 Å². The van der Waals surface area contributed by atoms with Crippen molar-refractivity contribution in [3.63, 3.8) is 0 Å². The first kappa shape index (κ1) is 12.3. The van der Waals surface area contributed by atoms with Gasteiger partial charge in [-0.25, -0.2) is 4.39 Å². The smallest absolute Gasteiger partial charge is 0.254 e. The van der Waals surface area contributed by atoms with Gasteiger partial charge in [0, 0.05) is 13.0 Å². The van der Waals surface area contributed by atoms with Crippen LogP contribution in [0, 0.1) is 24.6 Å². The summed E-state index contributed by atoms with van der Waals surface area (Å²) in [5.74, 6) is 4.66. The molecule has 0 aromatic heterocycles. The highest BCUT2D eigenvalue weighted by molar-refractivity contribution is 5.94. The number of halogens is 1. The summed E-state index contributed by atoms with van der Waals surface area (Å²) < 4.78 is 13.3. The van der Waals surface area contributed by atoms with E-state index in [1.165, 1.54) is 12.1 Å². The minimum atomic E-state index is -0.496.